The Morgan fingerprint density at radius 1 is 1.38 bits per heavy atom. The molecular weight excluding hydrogens is 202 g/mol. The van der Waals surface area contributed by atoms with E-state index in [0.717, 1.165) is 24.4 Å². The van der Waals surface area contributed by atoms with Gasteiger partial charge in [0.05, 0.1) is 12.7 Å². The van der Waals surface area contributed by atoms with Gasteiger partial charge in [-0.1, -0.05) is 13.0 Å². The molecule has 1 rings (SSSR count). The molecule has 0 radical (unpaired) electrons. The molecule has 0 aliphatic rings. The van der Waals surface area contributed by atoms with Crippen LogP contribution >= 0.6 is 0 Å². The number of benzene rings is 1. The Kier molecular flexibility index (Phi) is 5.72. The van der Waals surface area contributed by atoms with E-state index in [-0.39, 0.29) is 6.10 Å². The minimum absolute atomic E-state index is 0.259. The summed E-state index contributed by atoms with van der Waals surface area (Å²) in [6.07, 6.45) is 1.27. The molecule has 0 heterocycles. The summed E-state index contributed by atoms with van der Waals surface area (Å²) < 4.78 is 10.7. The van der Waals surface area contributed by atoms with Crippen molar-refractivity contribution in [1.82, 2.24) is 0 Å². The van der Waals surface area contributed by atoms with E-state index in [1.807, 2.05) is 24.3 Å². The molecule has 1 N–H and O–H groups in total. The summed E-state index contributed by atoms with van der Waals surface area (Å²) in [6, 6.07) is 8.02. The molecule has 1 unspecified atom stereocenters. The summed E-state index contributed by atoms with van der Waals surface area (Å²) >= 11 is 0. The summed E-state index contributed by atoms with van der Waals surface area (Å²) in [7, 11) is 1.70. The van der Waals surface area contributed by atoms with Crippen molar-refractivity contribution in [1.29, 1.82) is 0 Å². The second-order valence-electron chi connectivity index (χ2n) is 3.78. The molecule has 16 heavy (non-hydrogen) atoms. The Bertz CT molecular complexity index is 302. The number of hydrogen-bond acceptors (Lipinski definition) is 3. The topological polar surface area (TPSA) is 30.5 Å². The standard InChI is InChI=1S/C13H21NO2/c1-4-11(2)16-13-7-5-6-12(10-13)14-8-9-15-3/h5-7,10-11,14H,4,8-9H2,1-3H3. The van der Waals surface area contributed by atoms with Crippen molar-refractivity contribution in [2.45, 2.75) is 26.4 Å². The highest BCUT2D eigenvalue weighted by Gasteiger charge is 2.01. The molecule has 3 nitrogen and oxygen atoms in total. The number of hydrogen-bond donors (Lipinski definition) is 1. The Hall–Kier alpha value is -1.22. The van der Waals surface area contributed by atoms with Gasteiger partial charge in [0.2, 0.25) is 0 Å². The molecule has 1 aromatic rings. The van der Waals surface area contributed by atoms with Crippen LogP contribution in [-0.4, -0.2) is 26.4 Å². The van der Waals surface area contributed by atoms with Crippen LogP contribution in [0, 0.1) is 0 Å². The Morgan fingerprint density at radius 3 is 2.88 bits per heavy atom. The average Bonchev–Trinajstić information content (AvgIpc) is 2.30. The summed E-state index contributed by atoms with van der Waals surface area (Å²) in [6.45, 7) is 5.70. The van der Waals surface area contributed by atoms with Crippen LogP contribution in [-0.2, 0) is 4.74 Å². The van der Waals surface area contributed by atoms with Gasteiger partial charge in [-0.3, -0.25) is 0 Å². The second kappa shape index (κ2) is 7.12. The first-order valence-corrected chi connectivity index (χ1v) is 5.75. The number of anilines is 1. The highest BCUT2D eigenvalue weighted by molar-refractivity contribution is 5.48. The molecule has 0 aliphatic heterocycles. The summed E-state index contributed by atoms with van der Waals surface area (Å²) in [5.74, 6) is 0.914. The van der Waals surface area contributed by atoms with Crippen molar-refractivity contribution in [3.63, 3.8) is 0 Å². The molecule has 0 saturated heterocycles. The zero-order chi connectivity index (χ0) is 11.8. The monoisotopic (exact) mass is 223 g/mol. The Balaban J connectivity index is 2.50. The molecule has 3 heteroatoms. The first-order valence-electron chi connectivity index (χ1n) is 5.75. The highest BCUT2D eigenvalue weighted by Crippen LogP contribution is 2.18. The fraction of sp³-hybridized carbons (Fsp3) is 0.538. The molecule has 0 amide bonds. The molecule has 0 aromatic heterocycles. The second-order valence-corrected chi connectivity index (χ2v) is 3.78. The van der Waals surface area contributed by atoms with Gasteiger partial charge in [0, 0.05) is 25.4 Å². The first-order chi connectivity index (χ1) is 7.76. The molecule has 1 aromatic carbocycles. The molecule has 0 spiro atoms. The van der Waals surface area contributed by atoms with Crippen molar-refractivity contribution < 1.29 is 9.47 Å². The molecule has 0 saturated carbocycles. The lowest BCUT2D eigenvalue weighted by Crippen LogP contribution is -2.10. The lowest BCUT2D eigenvalue weighted by molar-refractivity contribution is 0.210. The first kappa shape index (κ1) is 12.8. The van der Waals surface area contributed by atoms with E-state index in [4.69, 9.17) is 9.47 Å². The molecule has 0 bridgehead atoms. The molecule has 90 valence electrons. The average molecular weight is 223 g/mol. The van der Waals surface area contributed by atoms with Gasteiger partial charge in [-0.2, -0.15) is 0 Å². The number of rotatable bonds is 7. The third kappa shape index (κ3) is 4.53. The summed E-state index contributed by atoms with van der Waals surface area (Å²) in [5.41, 5.74) is 1.07. The largest absolute Gasteiger partial charge is 0.491 e. The smallest absolute Gasteiger partial charge is 0.121 e. The number of nitrogens with one attached hydrogen (secondary N) is 1. The molecule has 0 fully saturated rings. The lowest BCUT2D eigenvalue weighted by atomic mass is 10.2. The van der Waals surface area contributed by atoms with Gasteiger partial charge in [0.25, 0.3) is 0 Å². The third-order valence-electron chi connectivity index (χ3n) is 2.38. The van der Waals surface area contributed by atoms with Crippen LogP contribution in [0.3, 0.4) is 0 Å². The van der Waals surface area contributed by atoms with Crippen molar-refractivity contribution in [2.24, 2.45) is 0 Å². The van der Waals surface area contributed by atoms with Crippen molar-refractivity contribution >= 4 is 5.69 Å². The fourth-order valence-electron chi connectivity index (χ4n) is 1.29. The van der Waals surface area contributed by atoms with Gasteiger partial charge < -0.3 is 14.8 Å². The predicted molar refractivity (Wildman–Crippen MR) is 67.2 cm³/mol. The minimum atomic E-state index is 0.259. The number of methoxy groups -OCH3 is 1. The van der Waals surface area contributed by atoms with E-state index < -0.39 is 0 Å². The van der Waals surface area contributed by atoms with Crippen LogP contribution in [0.25, 0.3) is 0 Å². The minimum Gasteiger partial charge on any atom is -0.491 e. The normalized spacial score (nSPS) is 12.2. The van der Waals surface area contributed by atoms with Gasteiger partial charge in [-0.15, -0.1) is 0 Å². The predicted octanol–water partition coefficient (Wildman–Crippen LogP) is 2.92. The molecule has 1 atom stereocenters. The summed E-state index contributed by atoms with van der Waals surface area (Å²) in [5, 5.41) is 3.27. The van der Waals surface area contributed by atoms with E-state index in [1.165, 1.54) is 0 Å². The van der Waals surface area contributed by atoms with Crippen molar-refractivity contribution in [3.05, 3.63) is 24.3 Å². The van der Waals surface area contributed by atoms with Gasteiger partial charge >= 0.3 is 0 Å². The van der Waals surface area contributed by atoms with E-state index in [9.17, 15) is 0 Å². The lowest BCUT2D eigenvalue weighted by Gasteiger charge is -2.13. The van der Waals surface area contributed by atoms with Crippen molar-refractivity contribution in [2.75, 3.05) is 25.6 Å². The molecular formula is C13H21NO2. The van der Waals surface area contributed by atoms with Crippen LogP contribution in [0.1, 0.15) is 20.3 Å². The van der Waals surface area contributed by atoms with E-state index >= 15 is 0 Å². The Morgan fingerprint density at radius 2 is 2.19 bits per heavy atom. The van der Waals surface area contributed by atoms with Gasteiger partial charge in [-0.25, -0.2) is 0 Å². The van der Waals surface area contributed by atoms with E-state index in [1.54, 1.807) is 7.11 Å². The quantitative estimate of drug-likeness (QED) is 0.721. The van der Waals surface area contributed by atoms with Crippen LogP contribution < -0.4 is 10.1 Å². The maximum atomic E-state index is 5.74. The zero-order valence-corrected chi connectivity index (χ0v) is 10.3. The SMILES string of the molecule is CCC(C)Oc1cccc(NCCOC)c1. The van der Waals surface area contributed by atoms with Crippen LogP contribution in [0.4, 0.5) is 5.69 Å². The van der Waals surface area contributed by atoms with Crippen LogP contribution in [0.2, 0.25) is 0 Å². The van der Waals surface area contributed by atoms with E-state index in [2.05, 4.69) is 19.2 Å². The van der Waals surface area contributed by atoms with Crippen LogP contribution in [0.5, 0.6) is 5.75 Å². The van der Waals surface area contributed by atoms with Crippen molar-refractivity contribution in [3.8, 4) is 5.75 Å². The maximum absolute atomic E-state index is 5.74. The summed E-state index contributed by atoms with van der Waals surface area (Å²) in [4.78, 5) is 0. The molecule has 0 aliphatic carbocycles. The third-order valence-corrected chi connectivity index (χ3v) is 2.38. The van der Waals surface area contributed by atoms with Gasteiger partial charge in [0.15, 0.2) is 0 Å². The Labute approximate surface area is 97.8 Å². The fourth-order valence-corrected chi connectivity index (χ4v) is 1.29. The zero-order valence-electron chi connectivity index (χ0n) is 10.3. The van der Waals surface area contributed by atoms with Crippen LogP contribution in [0.15, 0.2) is 24.3 Å². The number of ether oxygens (including phenoxy) is 2. The maximum Gasteiger partial charge on any atom is 0.121 e. The van der Waals surface area contributed by atoms with E-state index in [0.29, 0.717) is 6.61 Å². The van der Waals surface area contributed by atoms with Gasteiger partial charge in [0.1, 0.15) is 5.75 Å². The highest BCUT2D eigenvalue weighted by atomic mass is 16.5. The van der Waals surface area contributed by atoms with Gasteiger partial charge in [-0.05, 0) is 25.5 Å².